The summed E-state index contributed by atoms with van der Waals surface area (Å²) in [6.45, 7) is 2.58. The Balaban J connectivity index is 2.03. The molecule has 0 aliphatic carbocycles. The van der Waals surface area contributed by atoms with Crippen LogP contribution in [-0.4, -0.2) is 47.8 Å². The maximum absolute atomic E-state index is 12.9. The molecule has 2 N–H and O–H groups in total. The van der Waals surface area contributed by atoms with E-state index < -0.39 is 0 Å². The number of likely N-dealkylation sites (N-methyl/N-ethyl adjacent to an activating group) is 1. The molecule has 2 aromatic carbocycles. The number of nitrogens with zero attached hydrogens (tertiary/aromatic N) is 2. The molecular weight excluding hydrogens is 371 g/mol. The van der Waals surface area contributed by atoms with E-state index in [-0.39, 0.29) is 17.4 Å². The van der Waals surface area contributed by atoms with Crippen molar-refractivity contribution in [2.75, 3.05) is 11.4 Å². The Morgan fingerprint density at radius 1 is 1.08 bits per heavy atom. The van der Waals surface area contributed by atoms with Gasteiger partial charge in [-0.2, -0.15) is 0 Å². The molecule has 2 aromatic rings. The van der Waals surface area contributed by atoms with Crippen LogP contribution in [0.2, 0.25) is 0 Å². The standard InChI is InChI=1S/C18H16N2O3Se/c1-2-19-14(10-12-8-9-15(21)16(22)11-12)17(23)20(18(19)24)13-6-4-3-5-7-13/h3-11,21-22H,2H2,1H3. The van der Waals surface area contributed by atoms with E-state index in [0.29, 0.717) is 22.5 Å². The van der Waals surface area contributed by atoms with E-state index in [4.69, 9.17) is 0 Å². The molecule has 1 saturated heterocycles. The molecule has 0 saturated carbocycles. The molecule has 6 heteroatoms. The molecule has 0 atom stereocenters. The number of carbonyl (C=O) groups is 1. The monoisotopic (exact) mass is 388 g/mol. The predicted octanol–water partition coefficient (Wildman–Crippen LogP) is 2.06. The molecule has 0 bridgehead atoms. The van der Waals surface area contributed by atoms with Crippen LogP contribution in [0.25, 0.3) is 6.08 Å². The van der Waals surface area contributed by atoms with Crippen LogP contribution in [0.15, 0.2) is 54.2 Å². The first-order valence-corrected chi connectivity index (χ1v) is 8.33. The van der Waals surface area contributed by atoms with Crippen LogP contribution < -0.4 is 4.90 Å². The van der Waals surface area contributed by atoms with Gasteiger partial charge in [-0.3, -0.25) is 0 Å². The third kappa shape index (κ3) is 2.82. The Kier molecular flexibility index (Phi) is 4.42. The van der Waals surface area contributed by atoms with Crippen LogP contribution in [0, 0.1) is 0 Å². The van der Waals surface area contributed by atoms with Crippen LogP contribution in [0.4, 0.5) is 5.69 Å². The molecule has 1 heterocycles. The summed E-state index contributed by atoms with van der Waals surface area (Å²) >= 11 is 2.97. The summed E-state index contributed by atoms with van der Waals surface area (Å²) in [6, 6.07) is 13.9. The van der Waals surface area contributed by atoms with Crippen molar-refractivity contribution in [1.82, 2.24) is 4.90 Å². The van der Waals surface area contributed by atoms with Gasteiger partial charge in [0.2, 0.25) is 0 Å². The molecule has 0 aromatic heterocycles. The van der Waals surface area contributed by atoms with E-state index >= 15 is 0 Å². The van der Waals surface area contributed by atoms with E-state index in [0.717, 1.165) is 5.69 Å². The van der Waals surface area contributed by atoms with Gasteiger partial charge in [0.1, 0.15) is 0 Å². The zero-order chi connectivity index (χ0) is 17.3. The number of hydrogen-bond acceptors (Lipinski definition) is 4. The molecule has 122 valence electrons. The zero-order valence-electron chi connectivity index (χ0n) is 13.0. The Morgan fingerprint density at radius 2 is 1.79 bits per heavy atom. The van der Waals surface area contributed by atoms with E-state index in [1.807, 2.05) is 42.2 Å². The van der Waals surface area contributed by atoms with Crippen LogP contribution in [0.1, 0.15) is 12.5 Å². The van der Waals surface area contributed by atoms with Crippen molar-refractivity contribution in [3.8, 4) is 11.5 Å². The van der Waals surface area contributed by atoms with Crippen LogP contribution in [-0.2, 0) is 4.79 Å². The minimum absolute atomic E-state index is 0.149. The quantitative estimate of drug-likeness (QED) is 0.481. The Bertz CT molecular complexity index is 833. The predicted molar refractivity (Wildman–Crippen MR) is 94.8 cm³/mol. The summed E-state index contributed by atoms with van der Waals surface area (Å²) < 4.78 is 0.711. The first-order chi connectivity index (χ1) is 11.5. The van der Waals surface area contributed by atoms with Crippen molar-refractivity contribution in [3.05, 3.63) is 59.8 Å². The number of anilines is 1. The van der Waals surface area contributed by atoms with Gasteiger partial charge >= 0.3 is 147 Å². The van der Waals surface area contributed by atoms with Crippen LogP contribution in [0.3, 0.4) is 0 Å². The summed E-state index contributed by atoms with van der Waals surface area (Å²) in [6.07, 6.45) is 1.70. The van der Waals surface area contributed by atoms with Gasteiger partial charge < -0.3 is 0 Å². The normalized spacial score (nSPS) is 16.3. The maximum atomic E-state index is 12.9. The molecule has 1 aliphatic heterocycles. The molecule has 1 amide bonds. The van der Waals surface area contributed by atoms with E-state index in [1.165, 1.54) is 12.1 Å². The zero-order valence-corrected chi connectivity index (χ0v) is 14.7. The SMILES string of the molecule is CCN1C(=[Se])N(c2ccccc2)C(=O)C1=Cc1ccc(O)c(O)c1. The van der Waals surface area contributed by atoms with Gasteiger partial charge in [0.25, 0.3) is 0 Å². The van der Waals surface area contributed by atoms with Crippen molar-refractivity contribution in [2.24, 2.45) is 0 Å². The van der Waals surface area contributed by atoms with Gasteiger partial charge in [0.05, 0.1) is 0 Å². The number of para-hydroxylation sites is 1. The summed E-state index contributed by atoms with van der Waals surface area (Å²) in [7, 11) is 0. The summed E-state index contributed by atoms with van der Waals surface area (Å²) in [5, 5.41) is 19.1. The molecule has 1 aliphatic rings. The molecular formula is C18H16N2O3Se. The average Bonchev–Trinajstić information content (AvgIpc) is 2.82. The average molecular weight is 387 g/mol. The molecule has 3 rings (SSSR count). The number of aromatic hydroxyl groups is 2. The first-order valence-electron chi connectivity index (χ1n) is 7.47. The third-order valence-corrected chi connectivity index (χ3v) is 4.61. The summed E-state index contributed by atoms with van der Waals surface area (Å²) in [5.41, 5.74) is 1.92. The fraction of sp³-hybridized carbons (Fsp3) is 0.111. The van der Waals surface area contributed by atoms with Crippen molar-refractivity contribution in [2.45, 2.75) is 6.92 Å². The minimum atomic E-state index is -0.218. The second-order valence-corrected chi connectivity index (χ2v) is 6.05. The van der Waals surface area contributed by atoms with Crippen molar-refractivity contribution in [3.63, 3.8) is 0 Å². The van der Waals surface area contributed by atoms with Gasteiger partial charge in [-0.1, -0.05) is 0 Å². The van der Waals surface area contributed by atoms with Gasteiger partial charge in [-0.15, -0.1) is 0 Å². The Morgan fingerprint density at radius 3 is 2.42 bits per heavy atom. The molecule has 24 heavy (non-hydrogen) atoms. The van der Waals surface area contributed by atoms with Gasteiger partial charge in [0.15, 0.2) is 0 Å². The Labute approximate surface area is 147 Å². The molecule has 0 radical (unpaired) electrons. The van der Waals surface area contributed by atoms with E-state index in [2.05, 4.69) is 15.6 Å². The topological polar surface area (TPSA) is 64.0 Å². The number of amides is 1. The van der Waals surface area contributed by atoms with Crippen LogP contribution >= 0.6 is 0 Å². The third-order valence-electron chi connectivity index (χ3n) is 3.77. The fourth-order valence-corrected chi connectivity index (χ4v) is 3.45. The molecule has 0 unspecified atom stereocenters. The number of carbonyl (C=O) groups excluding carboxylic acids is 1. The van der Waals surface area contributed by atoms with Crippen molar-refractivity contribution < 1.29 is 15.0 Å². The summed E-state index contributed by atoms with van der Waals surface area (Å²) in [5.74, 6) is -0.557. The van der Waals surface area contributed by atoms with E-state index in [1.54, 1.807) is 17.0 Å². The van der Waals surface area contributed by atoms with Crippen molar-refractivity contribution in [1.29, 1.82) is 0 Å². The second kappa shape index (κ2) is 6.51. The first kappa shape index (κ1) is 16.3. The van der Waals surface area contributed by atoms with Gasteiger partial charge in [-0.05, 0) is 0 Å². The molecule has 0 spiro atoms. The number of benzene rings is 2. The number of rotatable bonds is 3. The summed E-state index contributed by atoms with van der Waals surface area (Å²) in [4.78, 5) is 16.4. The fourth-order valence-electron chi connectivity index (χ4n) is 2.58. The number of hydrogen-bond donors (Lipinski definition) is 2. The second-order valence-electron chi connectivity index (χ2n) is 5.28. The molecule has 5 nitrogen and oxygen atoms in total. The van der Waals surface area contributed by atoms with Gasteiger partial charge in [-0.25, -0.2) is 0 Å². The van der Waals surface area contributed by atoms with Gasteiger partial charge in [0, 0.05) is 0 Å². The number of phenolic OH excluding ortho intramolecular Hbond substituents is 2. The molecule has 1 fully saturated rings. The number of phenols is 2. The van der Waals surface area contributed by atoms with Crippen LogP contribution in [0.5, 0.6) is 11.5 Å². The van der Waals surface area contributed by atoms with E-state index in [9.17, 15) is 15.0 Å². The Hall–Kier alpha value is -2.56. The van der Waals surface area contributed by atoms with Crippen molar-refractivity contribution >= 4 is 37.9 Å².